The molecule has 19 heavy (non-hydrogen) atoms. The van der Waals surface area contributed by atoms with Crippen LogP contribution in [0.4, 0.5) is 0 Å². The lowest BCUT2D eigenvalue weighted by molar-refractivity contribution is -0.0906. The van der Waals surface area contributed by atoms with Gasteiger partial charge in [-0.05, 0) is 24.1 Å². The molecule has 1 aliphatic heterocycles. The van der Waals surface area contributed by atoms with Gasteiger partial charge in [-0.1, -0.05) is 32.4 Å². The SMILES string of the molecule is CCCC1COCCO1.CCCOc1cc2ccc1=2. The second-order valence-corrected chi connectivity index (χ2v) is 4.92. The Bertz CT molecular complexity index is 461. The van der Waals surface area contributed by atoms with E-state index in [9.17, 15) is 0 Å². The summed E-state index contributed by atoms with van der Waals surface area (Å²) in [5, 5.41) is 2.67. The zero-order valence-corrected chi connectivity index (χ0v) is 12.0. The summed E-state index contributed by atoms with van der Waals surface area (Å²) in [6.07, 6.45) is 3.79. The van der Waals surface area contributed by atoms with Crippen molar-refractivity contribution in [2.75, 3.05) is 26.4 Å². The third kappa shape index (κ3) is 3.95. The van der Waals surface area contributed by atoms with Crippen LogP contribution in [0.25, 0.3) is 0 Å². The van der Waals surface area contributed by atoms with E-state index in [1.165, 1.54) is 16.9 Å². The minimum absolute atomic E-state index is 0.378. The van der Waals surface area contributed by atoms with Crippen molar-refractivity contribution in [3.63, 3.8) is 0 Å². The summed E-state index contributed by atoms with van der Waals surface area (Å²) in [5.41, 5.74) is 0. The van der Waals surface area contributed by atoms with Crippen LogP contribution in [0.3, 0.4) is 0 Å². The first-order chi connectivity index (χ1) is 9.35. The molecular formula is C16H24O3. The molecule has 1 saturated heterocycles. The summed E-state index contributed by atoms with van der Waals surface area (Å²) in [6.45, 7) is 7.48. The lowest BCUT2D eigenvalue weighted by Gasteiger charge is -2.21. The van der Waals surface area contributed by atoms with E-state index < -0.39 is 0 Å². The maximum absolute atomic E-state index is 5.41. The molecule has 3 heteroatoms. The van der Waals surface area contributed by atoms with Gasteiger partial charge in [-0.2, -0.15) is 0 Å². The van der Waals surface area contributed by atoms with E-state index in [0.29, 0.717) is 6.10 Å². The Morgan fingerprint density at radius 2 is 2.11 bits per heavy atom. The Morgan fingerprint density at radius 3 is 2.58 bits per heavy atom. The van der Waals surface area contributed by atoms with Crippen LogP contribution in [0.15, 0.2) is 18.2 Å². The molecule has 0 radical (unpaired) electrons. The third-order valence-corrected chi connectivity index (χ3v) is 3.25. The maximum atomic E-state index is 5.41. The minimum Gasteiger partial charge on any atom is -0.493 e. The average Bonchev–Trinajstić information content (AvgIpc) is 2.43. The van der Waals surface area contributed by atoms with Crippen LogP contribution in [-0.2, 0) is 9.47 Å². The number of benzene rings is 1. The highest BCUT2D eigenvalue weighted by Crippen LogP contribution is 2.23. The standard InChI is InChI=1S/C9H10O.C7H14O2/c1-2-5-10-9-6-7-3-4-8(7)9;1-2-3-7-6-8-4-5-9-7/h3-4,6H,2,5H2,1H3;7H,2-6H2,1H3. The fraction of sp³-hybridized carbons (Fsp3) is 0.625. The smallest absolute Gasteiger partial charge is 0.127 e. The molecule has 1 atom stereocenters. The first-order valence-electron chi connectivity index (χ1n) is 7.31. The number of hydrogen-bond donors (Lipinski definition) is 0. The third-order valence-electron chi connectivity index (χ3n) is 3.25. The van der Waals surface area contributed by atoms with Gasteiger partial charge in [0.2, 0.25) is 0 Å². The Kier molecular flexibility index (Phi) is 5.67. The van der Waals surface area contributed by atoms with Gasteiger partial charge >= 0.3 is 0 Å². The Balaban J connectivity index is 0.000000141. The van der Waals surface area contributed by atoms with E-state index in [4.69, 9.17) is 14.2 Å². The van der Waals surface area contributed by atoms with Gasteiger partial charge in [0.1, 0.15) is 5.75 Å². The van der Waals surface area contributed by atoms with Crippen molar-refractivity contribution in [3.8, 4) is 5.75 Å². The van der Waals surface area contributed by atoms with Gasteiger partial charge in [0.25, 0.3) is 0 Å². The van der Waals surface area contributed by atoms with Crippen LogP contribution in [0.1, 0.15) is 33.1 Å². The van der Waals surface area contributed by atoms with Crippen molar-refractivity contribution in [1.29, 1.82) is 0 Å². The van der Waals surface area contributed by atoms with Gasteiger partial charge in [0.15, 0.2) is 0 Å². The molecule has 0 spiro atoms. The number of ether oxygens (including phenoxy) is 3. The fourth-order valence-corrected chi connectivity index (χ4v) is 2.11. The van der Waals surface area contributed by atoms with Crippen molar-refractivity contribution in [1.82, 2.24) is 0 Å². The van der Waals surface area contributed by atoms with Gasteiger partial charge in [0.05, 0.1) is 32.5 Å². The van der Waals surface area contributed by atoms with Crippen LogP contribution in [0.5, 0.6) is 5.75 Å². The van der Waals surface area contributed by atoms with Gasteiger partial charge in [-0.3, -0.25) is 0 Å². The van der Waals surface area contributed by atoms with Crippen molar-refractivity contribution >= 4 is 0 Å². The van der Waals surface area contributed by atoms with E-state index >= 15 is 0 Å². The minimum atomic E-state index is 0.378. The van der Waals surface area contributed by atoms with Crippen LogP contribution in [0, 0.1) is 10.4 Å². The molecule has 3 aliphatic rings. The maximum Gasteiger partial charge on any atom is 0.127 e. The van der Waals surface area contributed by atoms with E-state index in [1.54, 1.807) is 0 Å². The van der Waals surface area contributed by atoms with Gasteiger partial charge in [-0.15, -0.1) is 0 Å². The highest BCUT2D eigenvalue weighted by Gasteiger charge is 2.11. The Labute approximate surface area is 115 Å². The van der Waals surface area contributed by atoms with Crippen LogP contribution in [0.2, 0.25) is 0 Å². The summed E-state index contributed by atoms with van der Waals surface area (Å²) in [4.78, 5) is 0. The first kappa shape index (κ1) is 14.4. The molecule has 1 heterocycles. The highest BCUT2D eigenvalue weighted by molar-refractivity contribution is 5.38. The Hall–Kier alpha value is -1.06. The molecule has 106 valence electrons. The average molecular weight is 264 g/mol. The molecule has 0 aromatic rings. The van der Waals surface area contributed by atoms with E-state index in [0.717, 1.165) is 45.0 Å². The summed E-state index contributed by atoms with van der Waals surface area (Å²) < 4.78 is 16.0. The normalized spacial score (nSPS) is 19.4. The first-order valence-corrected chi connectivity index (χ1v) is 7.31. The molecule has 0 N–H and O–H groups in total. The molecule has 1 fully saturated rings. The summed E-state index contributed by atoms with van der Waals surface area (Å²) in [7, 11) is 0. The second-order valence-electron chi connectivity index (χ2n) is 4.92. The molecular weight excluding hydrogens is 240 g/mol. The predicted octanol–water partition coefficient (Wildman–Crippen LogP) is 3.28. The summed E-state index contributed by atoms with van der Waals surface area (Å²) >= 11 is 0. The van der Waals surface area contributed by atoms with E-state index in [1.807, 2.05) is 0 Å². The molecule has 1 unspecified atom stereocenters. The van der Waals surface area contributed by atoms with Gasteiger partial charge in [0, 0.05) is 5.22 Å². The topological polar surface area (TPSA) is 27.7 Å². The molecule has 0 amide bonds. The van der Waals surface area contributed by atoms with Gasteiger partial charge < -0.3 is 14.2 Å². The quantitative estimate of drug-likeness (QED) is 0.829. The lowest BCUT2D eigenvalue weighted by atomic mass is 10.1. The van der Waals surface area contributed by atoms with Crippen LogP contribution < -0.4 is 4.74 Å². The lowest BCUT2D eigenvalue weighted by Crippen LogP contribution is -2.28. The molecule has 2 aliphatic carbocycles. The van der Waals surface area contributed by atoms with E-state index in [-0.39, 0.29) is 0 Å². The molecule has 0 aromatic carbocycles. The summed E-state index contributed by atoms with van der Waals surface area (Å²) in [6, 6.07) is 6.29. The molecule has 3 rings (SSSR count). The number of hydrogen-bond acceptors (Lipinski definition) is 3. The highest BCUT2D eigenvalue weighted by atomic mass is 16.6. The van der Waals surface area contributed by atoms with Crippen molar-refractivity contribution in [3.05, 3.63) is 28.6 Å². The zero-order valence-electron chi connectivity index (χ0n) is 12.0. The fourth-order valence-electron chi connectivity index (χ4n) is 2.11. The molecule has 3 nitrogen and oxygen atoms in total. The van der Waals surface area contributed by atoms with Crippen molar-refractivity contribution in [2.24, 2.45) is 0 Å². The van der Waals surface area contributed by atoms with Crippen LogP contribution in [-0.4, -0.2) is 32.5 Å². The largest absolute Gasteiger partial charge is 0.493 e. The zero-order chi connectivity index (χ0) is 13.5. The van der Waals surface area contributed by atoms with Gasteiger partial charge in [-0.25, -0.2) is 0 Å². The summed E-state index contributed by atoms with van der Waals surface area (Å²) in [5.74, 6) is 1.08. The van der Waals surface area contributed by atoms with Crippen LogP contribution >= 0.6 is 0 Å². The Morgan fingerprint density at radius 1 is 1.21 bits per heavy atom. The molecule has 0 aromatic heterocycles. The van der Waals surface area contributed by atoms with Crippen molar-refractivity contribution < 1.29 is 14.2 Å². The molecule has 0 saturated carbocycles. The molecule has 0 bridgehead atoms. The number of rotatable bonds is 5. The predicted molar refractivity (Wildman–Crippen MR) is 75.4 cm³/mol. The van der Waals surface area contributed by atoms with E-state index in [2.05, 4.69) is 32.0 Å². The monoisotopic (exact) mass is 264 g/mol. The van der Waals surface area contributed by atoms with Crippen molar-refractivity contribution in [2.45, 2.75) is 39.2 Å². The second kappa shape index (κ2) is 7.51.